The monoisotopic (exact) mass is 1010 g/mol. The Morgan fingerprint density at radius 2 is 1.06 bits per heavy atom. The Bertz CT molecular complexity index is 2030. The maximum Gasteiger partial charge on any atom is 0.290 e. The van der Waals surface area contributed by atoms with Crippen LogP contribution in [0.1, 0.15) is 89.4 Å². The van der Waals surface area contributed by atoms with E-state index in [2.05, 4.69) is 36.8 Å². The smallest absolute Gasteiger partial charge is 0.290 e. The van der Waals surface area contributed by atoms with Gasteiger partial charge in [-0.2, -0.15) is 0 Å². The number of carbonyl (C=O) groups excluding carboxylic acids is 7. The fourth-order valence-electron chi connectivity index (χ4n) is 8.83. The van der Waals surface area contributed by atoms with Gasteiger partial charge in [0.05, 0.1) is 57.5 Å². The number of benzene rings is 2. The summed E-state index contributed by atoms with van der Waals surface area (Å²) in [7, 11) is 3.88. The lowest BCUT2D eigenvalue weighted by Crippen LogP contribution is -2.54. The number of hydrogen-bond acceptors (Lipinski definition) is 14. The third-order valence-electron chi connectivity index (χ3n) is 12.5. The first-order valence-corrected chi connectivity index (χ1v) is 27.5. The molecule has 2 aromatic carbocycles. The van der Waals surface area contributed by atoms with Crippen molar-refractivity contribution in [1.82, 2.24) is 41.7 Å². The van der Waals surface area contributed by atoms with Gasteiger partial charge in [0, 0.05) is 36.1 Å². The van der Waals surface area contributed by atoms with Gasteiger partial charge in [-0.25, -0.2) is 0 Å². The Morgan fingerprint density at radius 1 is 0.632 bits per heavy atom. The normalized spacial score (nSPS) is 21.6. The maximum absolute atomic E-state index is 13.1. The summed E-state index contributed by atoms with van der Waals surface area (Å²) in [5, 5.41) is 26.9. The van der Waals surface area contributed by atoms with Gasteiger partial charge in [-0.15, -0.1) is 47.0 Å². The van der Waals surface area contributed by atoms with Crippen molar-refractivity contribution in [3.05, 3.63) is 71.8 Å². The molecule has 2 aromatic rings. The van der Waals surface area contributed by atoms with Crippen molar-refractivity contribution in [3.8, 4) is 0 Å². The van der Waals surface area contributed by atoms with Crippen molar-refractivity contribution >= 4 is 88.3 Å². The topological polar surface area (TPSA) is 218 Å². The highest BCUT2D eigenvalue weighted by Gasteiger charge is 2.50. The quantitative estimate of drug-likeness (QED) is 0.0949. The van der Waals surface area contributed by atoms with Crippen molar-refractivity contribution < 1.29 is 38.7 Å². The Labute approximate surface area is 418 Å². The number of rotatable bonds is 20. The molecule has 4 fully saturated rings. The summed E-state index contributed by atoms with van der Waals surface area (Å²) < 4.78 is 0.111. The van der Waals surface area contributed by atoms with E-state index < -0.39 is 41.7 Å². The van der Waals surface area contributed by atoms with E-state index in [4.69, 9.17) is 0 Å². The fraction of sp³-hybridized carbons (Fsp3) is 0.604. The SMILES string of the molecule is CCCC(NC(=O)C1CC2(CN1C)SCCS2)C(=O)C(=O)NCC(=O)N[C@H](C)c1ccccc1.CCCC(NC(=O)C1CC2(CN1C)SCCS2)C(O)C(=O)NCC(=O)N[C@H](C)c1ccccc1. The zero-order valence-electron chi connectivity index (χ0n) is 40.0. The van der Waals surface area contributed by atoms with E-state index >= 15 is 0 Å². The second-order valence-corrected chi connectivity index (χ2v) is 24.3. The number of ketones is 1. The molecule has 4 aliphatic rings. The van der Waals surface area contributed by atoms with Crippen molar-refractivity contribution in [2.24, 2.45) is 0 Å². The number of hydrogen-bond donors (Lipinski definition) is 7. The summed E-state index contributed by atoms with van der Waals surface area (Å²) >= 11 is 7.64. The molecule has 0 aliphatic carbocycles. The van der Waals surface area contributed by atoms with Crippen LogP contribution in [0.2, 0.25) is 0 Å². The average molecular weight is 1020 g/mol. The Hall–Kier alpha value is -3.79. The van der Waals surface area contributed by atoms with Crippen LogP contribution in [0.5, 0.6) is 0 Å². The second-order valence-electron chi connectivity index (χ2n) is 17.8. The third kappa shape index (κ3) is 15.6. The largest absolute Gasteiger partial charge is 0.381 e. The van der Waals surface area contributed by atoms with Gasteiger partial charge in [-0.3, -0.25) is 43.4 Å². The molecule has 0 aromatic heterocycles. The standard InChI is InChI=1S/C24H36N4O4S2.C24H34N4O4S2/c2*1-4-8-18(27-22(31)19-13-24(15-28(19)3)33-11-12-34-24)21(30)23(32)25-14-20(29)26-16(2)17-9-6-5-7-10-17/h5-7,9-10,16,18-19,21,30H,4,8,11-15H2,1-3H3,(H,25,32)(H,26,29)(H,27,31);5-7,9-10,16,18-19H,4,8,11-15H2,1-3H3,(H,25,32)(H,26,29)(H,27,31)/t16-,18?,19?,21?;16-,18?,19?/m11/s1. The number of nitrogens with zero attached hydrogens (tertiary/aromatic N) is 2. The van der Waals surface area contributed by atoms with Crippen molar-refractivity contribution in [3.63, 3.8) is 0 Å². The summed E-state index contributed by atoms with van der Waals surface area (Å²) in [6, 6.07) is 16.3. The van der Waals surface area contributed by atoms with Crippen LogP contribution < -0.4 is 31.9 Å². The molecule has 20 heteroatoms. The van der Waals surface area contributed by atoms with Gasteiger partial charge in [-0.05, 0) is 64.8 Å². The summed E-state index contributed by atoms with van der Waals surface area (Å²) in [5.74, 6) is 0.995. The van der Waals surface area contributed by atoms with Crippen LogP contribution >= 0.6 is 47.0 Å². The molecule has 2 spiro atoms. The van der Waals surface area contributed by atoms with Crippen LogP contribution in [0.25, 0.3) is 0 Å². The molecule has 5 unspecified atom stereocenters. The Balaban J connectivity index is 0.000000254. The van der Waals surface area contributed by atoms with E-state index in [0.29, 0.717) is 25.7 Å². The van der Waals surface area contributed by atoms with Crippen molar-refractivity contribution in [2.45, 2.75) is 117 Å². The zero-order valence-corrected chi connectivity index (χ0v) is 43.3. The molecule has 4 saturated heterocycles. The number of carbonyl (C=O) groups is 7. The minimum atomic E-state index is -1.43. The number of aliphatic hydroxyl groups excluding tert-OH is 1. The van der Waals surface area contributed by atoms with Gasteiger partial charge in [0.1, 0.15) is 0 Å². The first-order valence-electron chi connectivity index (χ1n) is 23.5. The van der Waals surface area contributed by atoms with Crippen LogP contribution in [0.15, 0.2) is 60.7 Å². The minimum absolute atomic E-state index is 0.0443. The first kappa shape index (κ1) is 55.1. The molecule has 4 aliphatic heterocycles. The Kier molecular flexibility index (Phi) is 21.4. The lowest BCUT2D eigenvalue weighted by atomic mass is 10.0. The summed E-state index contributed by atoms with van der Waals surface area (Å²) in [6.45, 7) is 8.65. The van der Waals surface area contributed by atoms with E-state index in [9.17, 15) is 38.7 Å². The third-order valence-corrected chi connectivity index (χ3v) is 19.3. The number of amides is 6. The molecule has 7 atom stereocenters. The van der Waals surface area contributed by atoms with Gasteiger partial charge in [0.15, 0.2) is 6.10 Å². The predicted molar refractivity (Wildman–Crippen MR) is 274 cm³/mol. The molecule has 16 nitrogen and oxygen atoms in total. The van der Waals surface area contributed by atoms with Crippen molar-refractivity contribution in [2.75, 3.05) is 63.3 Å². The molecule has 4 heterocycles. The number of aliphatic hydroxyl groups is 1. The summed E-state index contributed by atoms with van der Waals surface area (Å²) in [4.78, 5) is 92.5. The number of likely N-dealkylation sites (tertiary alicyclic amines) is 2. The summed E-state index contributed by atoms with van der Waals surface area (Å²) in [5.41, 5.74) is 1.90. The maximum atomic E-state index is 13.1. The number of Topliss-reactive ketones (excluding diaryl/α,β-unsaturated/α-hetero) is 1. The van der Waals surface area contributed by atoms with Gasteiger partial charge < -0.3 is 37.0 Å². The molecule has 0 saturated carbocycles. The van der Waals surface area contributed by atoms with Gasteiger partial charge in [-0.1, -0.05) is 87.4 Å². The fourth-order valence-corrected chi connectivity index (χ4v) is 15.6. The minimum Gasteiger partial charge on any atom is -0.381 e. The molecule has 0 radical (unpaired) electrons. The highest BCUT2D eigenvalue weighted by atomic mass is 32.2. The highest BCUT2D eigenvalue weighted by molar-refractivity contribution is 8.21. The molecule has 374 valence electrons. The highest BCUT2D eigenvalue weighted by Crippen LogP contribution is 2.52. The molecular formula is C48H70N8O8S4. The van der Waals surface area contributed by atoms with E-state index in [1.807, 2.05) is 154 Å². The lowest BCUT2D eigenvalue weighted by Gasteiger charge is -2.26. The van der Waals surface area contributed by atoms with E-state index in [1.165, 1.54) is 0 Å². The number of nitrogens with one attached hydrogen (secondary N) is 6. The van der Waals surface area contributed by atoms with Gasteiger partial charge in [0.2, 0.25) is 29.4 Å². The van der Waals surface area contributed by atoms with E-state index in [1.54, 1.807) is 0 Å². The number of likely N-dealkylation sites (N-methyl/N-ethyl adjacent to an activating group) is 2. The molecule has 0 bridgehead atoms. The molecular weight excluding hydrogens is 945 g/mol. The number of thioether (sulfide) groups is 4. The first-order chi connectivity index (χ1) is 32.5. The zero-order chi connectivity index (χ0) is 49.4. The van der Waals surface area contributed by atoms with Crippen LogP contribution in [0, 0.1) is 0 Å². The second kappa shape index (κ2) is 26.4. The summed E-state index contributed by atoms with van der Waals surface area (Å²) in [6.07, 6.45) is 2.20. The van der Waals surface area contributed by atoms with Crippen LogP contribution in [0.3, 0.4) is 0 Å². The van der Waals surface area contributed by atoms with Crippen LogP contribution in [0.4, 0.5) is 0 Å². The van der Waals surface area contributed by atoms with Gasteiger partial charge >= 0.3 is 0 Å². The lowest BCUT2D eigenvalue weighted by molar-refractivity contribution is -0.141. The molecule has 68 heavy (non-hydrogen) atoms. The Morgan fingerprint density at radius 3 is 1.50 bits per heavy atom. The van der Waals surface area contributed by atoms with Crippen LogP contribution in [-0.2, 0) is 33.6 Å². The average Bonchev–Trinajstić information content (AvgIpc) is 4.14. The van der Waals surface area contributed by atoms with Crippen LogP contribution in [-0.4, -0.2) is 158 Å². The van der Waals surface area contributed by atoms with Crippen molar-refractivity contribution in [1.29, 1.82) is 0 Å². The van der Waals surface area contributed by atoms with E-state index in [-0.39, 0.29) is 63.1 Å². The van der Waals surface area contributed by atoms with Gasteiger partial charge in [0.25, 0.3) is 11.8 Å². The molecule has 6 rings (SSSR count). The molecule has 6 amide bonds. The van der Waals surface area contributed by atoms with E-state index in [0.717, 1.165) is 60.1 Å². The molecule has 7 N–H and O–H groups in total. The predicted octanol–water partition coefficient (Wildman–Crippen LogP) is 3.22.